The number of H-pyrrole nitrogens is 1. The average molecular weight is 392 g/mol. The van der Waals surface area contributed by atoms with Crippen molar-refractivity contribution in [2.75, 3.05) is 13.1 Å². The first-order valence-corrected chi connectivity index (χ1v) is 8.68. The number of amides is 1. The lowest BCUT2D eigenvalue weighted by Crippen LogP contribution is -2.18. The summed E-state index contributed by atoms with van der Waals surface area (Å²) in [5.74, 6) is -0.602. The van der Waals surface area contributed by atoms with Crippen LogP contribution in [-0.2, 0) is 17.4 Å². The first kappa shape index (κ1) is 19.7. The van der Waals surface area contributed by atoms with Gasteiger partial charge in [0.15, 0.2) is 0 Å². The van der Waals surface area contributed by atoms with E-state index in [0.29, 0.717) is 18.8 Å². The van der Waals surface area contributed by atoms with Crippen molar-refractivity contribution in [1.82, 2.24) is 25.7 Å². The number of aromatic nitrogens is 3. The maximum Gasteiger partial charge on any atom is 0.418 e. The summed E-state index contributed by atoms with van der Waals surface area (Å²) in [7, 11) is 0. The standard InChI is InChI=1S/C18H19F3N6O/c1-3-22-5-4-11-10(2)25-13(15(11)18(19,20)21)8-12-16(26-27-17(12)28)14-9-23-6-7-24-14/h6-9,22,25H,3-5H2,1-2H3,(H,27,28)/b12-8+. The molecular formula is C18H19F3N6O. The highest BCUT2D eigenvalue weighted by Gasteiger charge is 2.38. The number of nitrogens with one attached hydrogen (secondary N) is 3. The number of hydrazone groups is 1. The number of likely N-dealkylation sites (N-methyl/N-ethyl adjacent to an activating group) is 1. The molecule has 2 aromatic heterocycles. The Balaban J connectivity index is 2.06. The lowest BCUT2D eigenvalue weighted by atomic mass is 10.0. The van der Waals surface area contributed by atoms with E-state index in [2.05, 4.69) is 30.8 Å². The van der Waals surface area contributed by atoms with Gasteiger partial charge < -0.3 is 10.3 Å². The van der Waals surface area contributed by atoms with Gasteiger partial charge in [0.1, 0.15) is 11.4 Å². The molecule has 3 rings (SSSR count). The first-order chi connectivity index (χ1) is 13.3. The Labute approximate surface area is 159 Å². The first-order valence-electron chi connectivity index (χ1n) is 8.68. The van der Waals surface area contributed by atoms with Gasteiger partial charge in [-0.15, -0.1) is 0 Å². The number of alkyl halides is 3. The van der Waals surface area contributed by atoms with Gasteiger partial charge >= 0.3 is 6.18 Å². The number of aromatic amines is 1. The van der Waals surface area contributed by atoms with Crippen molar-refractivity contribution in [3.8, 4) is 0 Å². The molecule has 1 amide bonds. The highest BCUT2D eigenvalue weighted by molar-refractivity contribution is 6.32. The minimum atomic E-state index is -4.57. The number of carbonyl (C=O) groups is 1. The quantitative estimate of drug-likeness (QED) is 0.519. The Morgan fingerprint density at radius 1 is 1.29 bits per heavy atom. The number of aryl methyl sites for hydroxylation is 1. The van der Waals surface area contributed by atoms with E-state index in [9.17, 15) is 18.0 Å². The smallest absolute Gasteiger partial charge is 0.358 e. The van der Waals surface area contributed by atoms with Gasteiger partial charge in [-0.05, 0) is 38.1 Å². The zero-order valence-electron chi connectivity index (χ0n) is 15.3. The zero-order valence-corrected chi connectivity index (χ0v) is 15.3. The number of hydrogen-bond donors (Lipinski definition) is 3. The minimum absolute atomic E-state index is 0.00881. The van der Waals surface area contributed by atoms with Crippen molar-refractivity contribution in [3.63, 3.8) is 0 Å². The predicted octanol–water partition coefficient (Wildman–Crippen LogP) is 2.20. The minimum Gasteiger partial charge on any atom is -0.358 e. The molecule has 3 N–H and O–H groups in total. The van der Waals surface area contributed by atoms with Gasteiger partial charge in [0, 0.05) is 18.1 Å². The summed E-state index contributed by atoms with van der Waals surface area (Å²) < 4.78 is 41.4. The molecule has 3 heterocycles. The van der Waals surface area contributed by atoms with Gasteiger partial charge in [0.2, 0.25) is 0 Å². The molecular weight excluding hydrogens is 373 g/mol. The van der Waals surface area contributed by atoms with Crippen molar-refractivity contribution in [1.29, 1.82) is 0 Å². The summed E-state index contributed by atoms with van der Waals surface area (Å²) in [6.07, 6.45) is 1.06. The molecule has 148 valence electrons. The SMILES string of the molecule is CCNCCc1c(C)[nH]c(/C=C2/C(=O)NN=C2c2cnccn2)c1C(F)(F)F. The van der Waals surface area contributed by atoms with E-state index in [1.165, 1.54) is 24.7 Å². The molecule has 0 saturated carbocycles. The third kappa shape index (κ3) is 3.96. The molecule has 0 spiro atoms. The van der Waals surface area contributed by atoms with Crippen LogP contribution in [0.1, 0.15) is 35.1 Å². The van der Waals surface area contributed by atoms with Crippen LogP contribution in [0.25, 0.3) is 6.08 Å². The predicted molar refractivity (Wildman–Crippen MR) is 97.5 cm³/mol. The van der Waals surface area contributed by atoms with Crippen LogP contribution in [0.4, 0.5) is 13.2 Å². The van der Waals surface area contributed by atoms with Crippen molar-refractivity contribution in [3.05, 3.63) is 52.4 Å². The van der Waals surface area contributed by atoms with Crippen LogP contribution < -0.4 is 10.7 Å². The average Bonchev–Trinajstić information content (AvgIpc) is 3.16. The molecule has 1 aliphatic rings. The van der Waals surface area contributed by atoms with Gasteiger partial charge in [-0.1, -0.05) is 6.92 Å². The van der Waals surface area contributed by atoms with Crippen LogP contribution in [0.15, 0.2) is 29.3 Å². The summed E-state index contributed by atoms with van der Waals surface area (Å²) in [4.78, 5) is 22.9. The van der Waals surface area contributed by atoms with Gasteiger partial charge in [-0.3, -0.25) is 14.8 Å². The van der Waals surface area contributed by atoms with Crippen LogP contribution in [0, 0.1) is 6.92 Å². The van der Waals surface area contributed by atoms with Gasteiger partial charge in [0.05, 0.1) is 23.0 Å². The second kappa shape index (κ2) is 7.93. The topological polar surface area (TPSA) is 95.1 Å². The summed E-state index contributed by atoms with van der Waals surface area (Å²) in [5.41, 5.74) is 2.33. The Kier molecular flexibility index (Phi) is 5.59. The zero-order chi connectivity index (χ0) is 20.3. The molecule has 0 aliphatic carbocycles. The van der Waals surface area contributed by atoms with E-state index in [1.807, 2.05) is 6.92 Å². The summed E-state index contributed by atoms with van der Waals surface area (Å²) in [6.45, 7) is 4.56. The Bertz CT molecular complexity index is 931. The Morgan fingerprint density at radius 3 is 2.71 bits per heavy atom. The number of carbonyl (C=O) groups excluding carboxylic acids is 1. The van der Waals surface area contributed by atoms with Crippen molar-refractivity contribution >= 4 is 17.7 Å². The molecule has 0 saturated heterocycles. The maximum atomic E-state index is 13.8. The molecule has 10 heteroatoms. The maximum absolute atomic E-state index is 13.8. The molecule has 0 unspecified atom stereocenters. The second-order valence-electron chi connectivity index (χ2n) is 6.17. The van der Waals surface area contributed by atoms with Crippen LogP contribution in [-0.4, -0.2) is 39.7 Å². The van der Waals surface area contributed by atoms with E-state index in [0.717, 1.165) is 0 Å². The molecule has 7 nitrogen and oxygen atoms in total. The number of halogens is 3. The molecule has 1 aliphatic heterocycles. The van der Waals surface area contributed by atoms with E-state index in [1.54, 1.807) is 6.92 Å². The second-order valence-corrected chi connectivity index (χ2v) is 6.17. The molecule has 28 heavy (non-hydrogen) atoms. The van der Waals surface area contributed by atoms with E-state index < -0.39 is 17.6 Å². The molecule has 0 fully saturated rings. The van der Waals surface area contributed by atoms with Gasteiger partial charge in [-0.25, -0.2) is 5.43 Å². The molecule has 0 radical (unpaired) electrons. The Hall–Kier alpha value is -3.01. The summed E-state index contributed by atoms with van der Waals surface area (Å²) in [5, 5.41) is 6.91. The third-order valence-electron chi connectivity index (χ3n) is 4.29. The normalized spacial score (nSPS) is 15.8. The number of nitrogens with zero attached hydrogens (tertiary/aromatic N) is 3. The van der Waals surface area contributed by atoms with Crippen LogP contribution in [0.2, 0.25) is 0 Å². The Morgan fingerprint density at radius 2 is 2.07 bits per heavy atom. The van der Waals surface area contributed by atoms with Gasteiger partial charge in [-0.2, -0.15) is 18.3 Å². The van der Waals surface area contributed by atoms with Crippen molar-refractivity contribution in [2.45, 2.75) is 26.4 Å². The highest BCUT2D eigenvalue weighted by atomic mass is 19.4. The highest BCUT2D eigenvalue weighted by Crippen LogP contribution is 2.37. The molecule has 0 aromatic carbocycles. The van der Waals surface area contributed by atoms with Crippen molar-refractivity contribution in [2.24, 2.45) is 5.10 Å². The summed E-state index contributed by atoms with van der Waals surface area (Å²) >= 11 is 0. The third-order valence-corrected chi connectivity index (χ3v) is 4.29. The number of hydrogen-bond acceptors (Lipinski definition) is 5. The fraction of sp³-hybridized carbons (Fsp3) is 0.333. The van der Waals surface area contributed by atoms with Crippen LogP contribution >= 0.6 is 0 Å². The molecule has 2 aromatic rings. The van der Waals surface area contributed by atoms with E-state index in [4.69, 9.17) is 0 Å². The van der Waals surface area contributed by atoms with E-state index >= 15 is 0 Å². The van der Waals surface area contributed by atoms with E-state index in [-0.39, 0.29) is 34.7 Å². The van der Waals surface area contributed by atoms with Crippen molar-refractivity contribution < 1.29 is 18.0 Å². The lowest BCUT2D eigenvalue weighted by Gasteiger charge is -2.11. The molecule has 0 bridgehead atoms. The largest absolute Gasteiger partial charge is 0.418 e. The molecule has 0 atom stereocenters. The van der Waals surface area contributed by atoms with Crippen LogP contribution in [0.3, 0.4) is 0 Å². The fourth-order valence-corrected chi connectivity index (χ4v) is 3.05. The lowest BCUT2D eigenvalue weighted by molar-refractivity contribution is -0.138. The summed E-state index contributed by atoms with van der Waals surface area (Å²) in [6, 6.07) is 0. The number of rotatable bonds is 6. The fourth-order valence-electron chi connectivity index (χ4n) is 3.05. The van der Waals surface area contributed by atoms with Gasteiger partial charge in [0.25, 0.3) is 5.91 Å². The monoisotopic (exact) mass is 392 g/mol. The van der Waals surface area contributed by atoms with Crippen LogP contribution in [0.5, 0.6) is 0 Å².